The normalized spacial score (nSPS) is 15.9. The van der Waals surface area contributed by atoms with Crippen molar-refractivity contribution in [2.24, 2.45) is 5.73 Å². The fraction of sp³-hybridized carbons (Fsp3) is 0.625. The molecule has 0 aromatic heterocycles. The van der Waals surface area contributed by atoms with Gasteiger partial charge in [0, 0.05) is 19.0 Å². The zero-order valence-corrected chi connectivity index (χ0v) is 14.5. The Balaban J connectivity index is 2.25. The molecule has 1 aliphatic heterocycles. The number of halogens is 1. The van der Waals surface area contributed by atoms with Crippen LogP contribution in [0.1, 0.15) is 37.8 Å². The third kappa shape index (κ3) is 4.11. The highest BCUT2D eigenvalue weighted by atomic mass is 79.9. The average Bonchev–Trinajstić information content (AvgIpc) is 2.71. The zero-order valence-electron chi connectivity index (χ0n) is 12.9. The summed E-state index contributed by atoms with van der Waals surface area (Å²) >= 11 is 3.60. The van der Waals surface area contributed by atoms with E-state index in [2.05, 4.69) is 46.9 Å². The fourth-order valence-electron chi connectivity index (χ4n) is 2.58. The molecule has 0 fully saturated rings. The van der Waals surface area contributed by atoms with Gasteiger partial charge in [-0.1, -0.05) is 13.3 Å². The summed E-state index contributed by atoms with van der Waals surface area (Å²) in [6.45, 7) is 5.23. The molecule has 4 nitrogen and oxygen atoms in total. The minimum absolute atomic E-state index is 0.199. The van der Waals surface area contributed by atoms with Gasteiger partial charge in [0.05, 0.1) is 17.7 Å². The number of ether oxygens (including phenoxy) is 2. The third-order valence-corrected chi connectivity index (χ3v) is 4.42. The Hall–Kier alpha value is -0.780. The highest BCUT2D eigenvalue weighted by molar-refractivity contribution is 9.10. The minimum atomic E-state index is 0.199. The Morgan fingerprint density at radius 1 is 1.33 bits per heavy atom. The summed E-state index contributed by atoms with van der Waals surface area (Å²) in [5.74, 6) is 1.63. The molecule has 1 aliphatic rings. The highest BCUT2D eigenvalue weighted by Gasteiger charge is 2.21. The third-order valence-electron chi connectivity index (χ3n) is 3.83. The number of likely N-dealkylation sites (N-methyl/N-ethyl adjacent to an activating group) is 1. The Bertz CT molecular complexity index is 468. The average molecular weight is 357 g/mol. The van der Waals surface area contributed by atoms with E-state index >= 15 is 0 Å². The first-order valence-corrected chi connectivity index (χ1v) is 8.46. The molecular weight excluding hydrogens is 332 g/mol. The van der Waals surface area contributed by atoms with E-state index in [1.165, 1.54) is 18.4 Å². The van der Waals surface area contributed by atoms with Crippen molar-refractivity contribution in [3.05, 3.63) is 22.2 Å². The van der Waals surface area contributed by atoms with Crippen molar-refractivity contribution < 1.29 is 9.47 Å². The van der Waals surface area contributed by atoms with Crippen LogP contribution in [0.25, 0.3) is 0 Å². The van der Waals surface area contributed by atoms with E-state index in [1.807, 2.05) is 0 Å². The van der Waals surface area contributed by atoms with Gasteiger partial charge < -0.3 is 15.2 Å². The fourth-order valence-corrected chi connectivity index (χ4v) is 3.15. The first-order valence-electron chi connectivity index (χ1n) is 7.66. The summed E-state index contributed by atoms with van der Waals surface area (Å²) in [6.07, 6.45) is 3.28. The lowest BCUT2D eigenvalue weighted by molar-refractivity contribution is 0.245. The van der Waals surface area contributed by atoms with Crippen LogP contribution in [0.4, 0.5) is 0 Å². The van der Waals surface area contributed by atoms with Gasteiger partial charge in [-0.15, -0.1) is 0 Å². The molecule has 0 radical (unpaired) electrons. The van der Waals surface area contributed by atoms with E-state index in [0.29, 0.717) is 19.8 Å². The molecule has 21 heavy (non-hydrogen) atoms. The summed E-state index contributed by atoms with van der Waals surface area (Å²) < 4.78 is 12.5. The Morgan fingerprint density at radius 3 is 2.81 bits per heavy atom. The molecule has 1 heterocycles. The number of hydrogen-bond donors (Lipinski definition) is 1. The van der Waals surface area contributed by atoms with Crippen LogP contribution in [-0.4, -0.2) is 38.3 Å². The van der Waals surface area contributed by atoms with E-state index in [-0.39, 0.29) is 6.04 Å². The number of nitrogens with two attached hydrogens (primary N) is 1. The van der Waals surface area contributed by atoms with E-state index < -0.39 is 0 Å². The summed E-state index contributed by atoms with van der Waals surface area (Å²) in [6, 6.07) is 4.38. The van der Waals surface area contributed by atoms with Crippen LogP contribution in [0.15, 0.2) is 16.6 Å². The Kier molecular flexibility index (Phi) is 6.33. The van der Waals surface area contributed by atoms with Crippen LogP contribution in [0, 0.1) is 0 Å². The topological polar surface area (TPSA) is 47.7 Å². The summed E-state index contributed by atoms with van der Waals surface area (Å²) in [5, 5.41) is 0. The van der Waals surface area contributed by atoms with Crippen LogP contribution in [0.2, 0.25) is 0 Å². The van der Waals surface area contributed by atoms with Gasteiger partial charge in [0.2, 0.25) is 0 Å². The second-order valence-corrected chi connectivity index (χ2v) is 6.32. The Morgan fingerprint density at radius 2 is 2.10 bits per heavy atom. The summed E-state index contributed by atoms with van der Waals surface area (Å²) in [7, 11) is 2.13. The van der Waals surface area contributed by atoms with Crippen molar-refractivity contribution in [2.45, 2.75) is 32.2 Å². The van der Waals surface area contributed by atoms with Gasteiger partial charge in [-0.2, -0.15) is 0 Å². The van der Waals surface area contributed by atoms with Gasteiger partial charge in [0.25, 0.3) is 0 Å². The first kappa shape index (κ1) is 16.6. The molecule has 1 aromatic carbocycles. The maximum Gasteiger partial charge on any atom is 0.175 e. The van der Waals surface area contributed by atoms with Crippen LogP contribution in [0.5, 0.6) is 11.5 Å². The summed E-state index contributed by atoms with van der Waals surface area (Å²) in [4.78, 5) is 2.31. The number of hydrogen-bond acceptors (Lipinski definition) is 4. The molecule has 1 aromatic rings. The monoisotopic (exact) mass is 356 g/mol. The van der Waals surface area contributed by atoms with Gasteiger partial charge in [0.1, 0.15) is 0 Å². The van der Waals surface area contributed by atoms with Gasteiger partial charge in [0.15, 0.2) is 11.5 Å². The van der Waals surface area contributed by atoms with Crippen molar-refractivity contribution in [3.8, 4) is 11.5 Å². The summed E-state index contributed by atoms with van der Waals surface area (Å²) in [5.41, 5.74) is 7.18. The molecule has 118 valence electrons. The quantitative estimate of drug-likeness (QED) is 0.848. The van der Waals surface area contributed by atoms with E-state index in [9.17, 15) is 0 Å². The second kappa shape index (κ2) is 8.01. The maximum atomic E-state index is 6.01. The van der Waals surface area contributed by atoms with Gasteiger partial charge in [-0.05, 0) is 53.6 Å². The molecule has 0 saturated heterocycles. The second-order valence-electron chi connectivity index (χ2n) is 5.47. The van der Waals surface area contributed by atoms with Gasteiger partial charge >= 0.3 is 0 Å². The number of fused-ring (bicyclic) bond motifs is 1. The lowest BCUT2D eigenvalue weighted by Crippen LogP contribution is -2.31. The van der Waals surface area contributed by atoms with Crippen LogP contribution in [0.3, 0.4) is 0 Å². The molecule has 0 spiro atoms. The number of benzene rings is 1. The molecule has 5 heteroatoms. The Labute approximate surface area is 135 Å². The molecule has 1 atom stereocenters. The molecule has 1 unspecified atom stereocenters. The zero-order chi connectivity index (χ0) is 15.2. The molecule has 2 rings (SSSR count). The predicted molar refractivity (Wildman–Crippen MR) is 89.1 cm³/mol. The predicted octanol–water partition coefficient (Wildman–Crippen LogP) is 3.34. The molecule has 0 saturated carbocycles. The first-order chi connectivity index (χ1) is 10.2. The maximum absolute atomic E-state index is 6.01. The largest absolute Gasteiger partial charge is 0.490 e. The number of rotatable bonds is 6. The highest BCUT2D eigenvalue weighted by Crippen LogP contribution is 2.40. The SMILES string of the molecule is CCCCN(C)C(CN)c1cc(Br)c2c(c1)OCCCO2. The van der Waals surface area contributed by atoms with Crippen LogP contribution in [-0.2, 0) is 0 Å². The number of unbranched alkanes of at least 4 members (excludes halogenated alkanes) is 1. The number of nitrogens with zero attached hydrogens (tertiary/aromatic N) is 1. The van der Waals surface area contributed by atoms with Crippen molar-refractivity contribution in [1.29, 1.82) is 0 Å². The minimum Gasteiger partial charge on any atom is -0.490 e. The van der Waals surface area contributed by atoms with E-state index in [0.717, 1.165) is 28.9 Å². The van der Waals surface area contributed by atoms with Crippen LogP contribution >= 0.6 is 15.9 Å². The van der Waals surface area contributed by atoms with E-state index in [4.69, 9.17) is 15.2 Å². The molecule has 0 aliphatic carbocycles. The van der Waals surface area contributed by atoms with Crippen molar-refractivity contribution in [2.75, 3.05) is 33.4 Å². The molecule has 0 bridgehead atoms. The van der Waals surface area contributed by atoms with Crippen molar-refractivity contribution in [3.63, 3.8) is 0 Å². The van der Waals surface area contributed by atoms with Crippen LogP contribution < -0.4 is 15.2 Å². The van der Waals surface area contributed by atoms with E-state index in [1.54, 1.807) is 0 Å². The van der Waals surface area contributed by atoms with Gasteiger partial charge in [-0.25, -0.2) is 0 Å². The molecule has 2 N–H and O–H groups in total. The smallest absolute Gasteiger partial charge is 0.175 e. The lowest BCUT2D eigenvalue weighted by atomic mass is 10.0. The molecule has 0 amide bonds. The lowest BCUT2D eigenvalue weighted by Gasteiger charge is -2.28. The van der Waals surface area contributed by atoms with Crippen molar-refractivity contribution in [1.82, 2.24) is 4.90 Å². The molecular formula is C16H25BrN2O2. The van der Waals surface area contributed by atoms with Crippen molar-refractivity contribution >= 4 is 15.9 Å². The standard InChI is InChI=1S/C16H25BrN2O2/c1-3-4-6-19(2)14(11-18)12-9-13(17)16-15(10-12)20-7-5-8-21-16/h9-10,14H,3-8,11,18H2,1-2H3. The van der Waals surface area contributed by atoms with Gasteiger partial charge in [-0.3, -0.25) is 4.90 Å².